The van der Waals surface area contributed by atoms with Crippen LogP contribution in [0.4, 0.5) is 16.5 Å². The maximum Gasteiger partial charge on any atom is 0.281 e. The molecule has 2 aromatic carbocycles. The summed E-state index contributed by atoms with van der Waals surface area (Å²) < 4.78 is 5.51. The van der Waals surface area contributed by atoms with Crippen molar-refractivity contribution in [3.8, 4) is 17.0 Å². The van der Waals surface area contributed by atoms with E-state index in [1.54, 1.807) is 55.6 Å². The largest absolute Gasteiger partial charge is 0.495 e. The smallest absolute Gasteiger partial charge is 0.281 e. The minimum atomic E-state index is -0.464. The average molecular weight is 491 g/mol. The summed E-state index contributed by atoms with van der Waals surface area (Å²) >= 11 is 1.25. The Balaban J connectivity index is 1.83. The maximum atomic E-state index is 13.9. The van der Waals surface area contributed by atoms with Gasteiger partial charge in [-0.15, -0.1) is 11.3 Å². The van der Waals surface area contributed by atoms with Crippen LogP contribution in [0.5, 0.6) is 5.75 Å². The number of aromatic amines is 1. The molecule has 35 heavy (non-hydrogen) atoms. The van der Waals surface area contributed by atoms with Crippen LogP contribution in [0.15, 0.2) is 53.9 Å². The number of ether oxygens (including phenoxy) is 1. The van der Waals surface area contributed by atoms with Gasteiger partial charge in [0.1, 0.15) is 11.4 Å². The SMILES string of the molecule is COc1ccccc1N(C(=O)c1[nH]c(C)c(C(C)=O)c1C)c1nc(-c2ccc([N+](=O)[O-])cc2)cs1. The van der Waals surface area contributed by atoms with Gasteiger partial charge in [-0.3, -0.25) is 19.7 Å². The molecule has 0 bridgehead atoms. The van der Waals surface area contributed by atoms with Crippen molar-refractivity contribution in [2.75, 3.05) is 12.0 Å². The van der Waals surface area contributed by atoms with Gasteiger partial charge >= 0.3 is 0 Å². The highest BCUT2D eigenvalue weighted by molar-refractivity contribution is 7.14. The number of anilines is 2. The molecule has 0 atom stereocenters. The Morgan fingerprint density at radius 2 is 1.80 bits per heavy atom. The third-order valence-corrected chi connectivity index (χ3v) is 6.42. The van der Waals surface area contributed by atoms with Crippen LogP contribution in [0.3, 0.4) is 0 Å². The summed E-state index contributed by atoms with van der Waals surface area (Å²) in [6.07, 6.45) is 0. The number of amides is 1. The first-order valence-corrected chi connectivity index (χ1v) is 11.5. The van der Waals surface area contributed by atoms with Crippen molar-refractivity contribution in [3.63, 3.8) is 0 Å². The van der Waals surface area contributed by atoms with E-state index in [1.165, 1.54) is 42.4 Å². The highest BCUT2D eigenvalue weighted by Gasteiger charge is 2.30. The van der Waals surface area contributed by atoms with Gasteiger partial charge in [0.2, 0.25) is 0 Å². The molecular weight excluding hydrogens is 468 g/mol. The number of benzene rings is 2. The number of nitro groups is 1. The predicted octanol–water partition coefficient (Wildman–Crippen LogP) is 5.85. The van der Waals surface area contributed by atoms with Crippen molar-refractivity contribution in [2.24, 2.45) is 0 Å². The minimum Gasteiger partial charge on any atom is -0.495 e. The fourth-order valence-electron chi connectivity index (χ4n) is 3.97. The molecule has 1 N–H and O–H groups in total. The molecule has 4 aromatic rings. The van der Waals surface area contributed by atoms with Crippen LogP contribution in [0.1, 0.15) is 39.0 Å². The lowest BCUT2D eigenvalue weighted by atomic mass is 10.1. The van der Waals surface area contributed by atoms with Crippen molar-refractivity contribution in [3.05, 3.63) is 86.5 Å². The summed E-state index contributed by atoms with van der Waals surface area (Å²) in [5, 5.41) is 13.1. The summed E-state index contributed by atoms with van der Waals surface area (Å²) in [6, 6.07) is 13.1. The molecule has 4 rings (SSSR count). The van der Waals surface area contributed by atoms with Gasteiger partial charge in [-0.25, -0.2) is 9.88 Å². The van der Waals surface area contributed by atoms with E-state index in [2.05, 4.69) is 9.97 Å². The molecule has 0 saturated heterocycles. The quantitative estimate of drug-likeness (QED) is 0.197. The number of aromatic nitrogens is 2. The summed E-state index contributed by atoms with van der Waals surface area (Å²) in [4.78, 5) is 45.7. The zero-order chi connectivity index (χ0) is 25.3. The highest BCUT2D eigenvalue weighted by atomic mass is 32.1. The summed E-state index contributed by atoms with van der Waals surface area (Å²) in [5.74, 6) is -0.0540. The Morgan fingerprint density at radius 3 is 2.40 bits per heavy atom. The molecule has 0 unspecified atom stereocenters. The topological polar surface area (TPSA) is 118 Å². The molecule has 0 spiro atoms. The minimum absolute atomic E-state index is 0.0195. The second-order valence-corrected chi connectivity index (χ2v) is 8.65. The van der Waals surface area contributed by atoms with Gasteiger partial charge in [0.05, 0.1) is 23.4 Å². The Kier molecular flexibility index (Phi) is 6.48. The number of hydrogen-bond donors (Lipinski definition) is 1. The molecule has 178 valence electrons. The number of Topliss-reactive ketones (excluding diaryl/α,β-unsaturated/α-hetero) is 1. The lowest BCUT2D eigenvalue weighted by Gasteiger charge is -2.22. The van der Waals surface area contributed by atoms with Crippen LogP contribution in [0.2, 0.25) is 0 Å². The van der Waals surface area contributed by atoms with Gasteiger partial charge in [0.25, 0.3) is 11.6 Å². The molecule has 2 heterocycles. The lowest BCUT2D eigenvalue weighted by molar-refractivity contribution is -0.384. The van der Waals surface area contributed by atoms with E-state index in [0.29, 0.717) is 44.6 Å². The zero-order valence-electron chi connectivity index (χ0n) is 19.5. The molecule has 2 aromatic heterocycles. The van der Waals surface area contributed by atoms with Gasteiger partial charge in [0.15, 0.2) is 10.9 Å². The number of H-pyrrole nitrogens is 1. The first-order chi connectivity index (χ1) is 16.7. The van der Waals surface area contributed by atoms with Crippen LogP contribution in [0.25, 0.3) is 11.3 Å². The average Bonchev–Trinajstić information content (AvgIpc) is 3.43. The third-order valence-electron chi connectivity index (χ3n) is 5.59. The molecule has 0 aliphatic rings. The first-order valence-electron chi connectivity index (χ1n) is 10.6. The number of rotatable bonds is 7. The number of carbonyl (C=O) groups excluding carboxylic acids is 2. The standard InChI is InChI=1S/C25H22N4O5S/c1-14-22(16(3)30)15(2)26-23(14)24(31)28(20-7-5-6-8-21(20)34-4)25-27-19(13-35-25)17-9-11-18(12-10-17)29(32)33/h5-13,26H,1-4H3. The Labute approximate surface area is 205 Å². The first kappa shape index (κ1) is 23.8. The lowest BCUT2D eigenvalue weighted by Crippen LogP contribution is -2.27. The molecule has 1 amide bonds. The van der Waals surface area contributed by atoms with Crippen LogP contribution in [-0.4, -0.2) is 33.7 Å². The summed E-state index contributed by atoms with van der Waals surface area (Å²) in [6.45, 7) is 4.95. The summed E-state index contributed by atoms with van der Waals surface area (Å²) in [5.41, 5.74) is 3.66. The van der Waals surface area contributed by atoms with Crippen LogP contribution < -0.4 is 9.64 Å². The Hall–Kier alpha value is -4.31. The van der Waals surface area contributed by atoms with Gasteiger partial charge in [-0.2, -0.15) is 0 Å². The molecule has 0 aliphatic heterocycles. The van der Waals surface area contributed by atoms with E-state index in [4.69, 9.17) is 4.74 Å². The molecule has 10 heteroatoms. The molecule has 9 nitrogen and oxygen atoms in total. The molecule has 0 fully saturated rings. The predicted molar refractivity (Wildman–Crippen MR) is 134 cm³/mol. The van der Waals surface area contributed by atoms with Crippen molar-refractivity contribution in [1.82, 2.24) is 9.97 Å². The number of aryl methyl sites for hydroxylation is 1. The number of para-hydroxylation sites is 2. The zero-order valence-corrected chi connectivity index (χ0v) is 20.3. The van der Waals surface area contributed by atoms with E-state index in [9.17, 15) is 19.7 Å². The molecule has 0 saturated carbocycles. The molecular formula is C25H22N4O5S. The number of carbonyl (C=O) groups is 2. The fraction of sp³-hybridized carbons (Fsp3) is 0.160. The van der Waals surface area contributed by atoms with Gasteiger partial charge < -0.3 is 9.72 Å². The number of thiazole rings is 1. The highest BCUT2D eigenvalue weighted by Crippen LogP contribution is 2.38. The van der Waals surface area contributed by atoms with E-state index in [-0.39, 0.29) is 17.2 Å². The van der Waals surface area contributed by atoms with E-state index in [0.717, 1.165) is 0 Å². The van der Waals surface area contributed by atoms with E-state index >= 15 is 0 Å². The summed E-state index contributed by atoms with van der Waals surface area (Å²) in [7, 11) is 1.52. The van der Waals surface area contributed by atoms with Crippen molar-refractivity contribution in [1.29, 1.82) is 0 Å². The molecule has 0 radical (unpaired) electrons. The monoisotopic (exact) mass is 490 g/mol. The van der Waals surface area contributed by atoms with E-state index < -0.39 is 10.8 Å². The van der Waals surface area contributed by atoms with Crippen LogP contribution >= 0.6 is 11.3 Å². The molecule has 0 aliphatic carbocycles. The Morgan fingerprint density at radius 1 is 1.11 bits per heavy atom. The second-order valence-electron chi connectivity index (χ2n) is 7.81. The number of hydrogen-bond acceptors (Lipinski definition) is 7. The fourth-order valence-corrected chi connectivity index (χ4v) is 4.81. The van der Waals surface area contributed by atoms with Gasteiger partial charge in [-0.1, -0.05) is 12.1 Å². The second kappa shape index (κ2) is 9.51. The number of nitrogens with zero attached hydrogens (tertiary/aromatic N) is 3. The van der Waals surface area contributed by atoms with Crippen molar-refractivity contribution in [2.45, 2.75) is 20.8 Å². The number of ketones is 1. The number of nitro benzene ring substituents is 1. The van der Waals surface area contributed by atoms with Crippen molar-refractivity contribution < 1.29 is 19.2 Å². The normalized spacial score (nSPS) is 10.7. The van der Waals surface area contributed by atoms with Crippen LogP contribution in [-0.2, 0) is 0 Å². The number of nitrogens with one attached hydrogen (secondary N) is 1. The van der Waals surface area contributed by atoms with Gasteiger partial charge in [-0.05, 0) is 50.6 Å². The maximum absolute atomic E-state index is 13.9. The van der Waals surface area contributed by atoms with Crippen molar-refractivity contribution >= 4 is 39.5 Å². The Bertz CT molecular complexity index is 1440. The van der Waals surface area contributed by atoms with E-state index in [1.807, 2.05) is 0 Å². The van der Waals surface area contributed by atoms with Gasteiger partial charge in [0, 0.05) is 34.3 Å². The number of methoxy groups -OCH3 is 1. The third kappa shape index (κ3) is 4.43. The number of non-ortho nitro benzene ring substituents is 1. The van der Waals surface area contributed by atoms with Crippen LogP contribution in [0, 0.1) is 24.0 Å².